The average Bonchev–Trinajstić information content (AvgIpc) is 2.32. The van der Waals surface area contributed by atoms with Crippen molar-refractivity contribution in [2.75, 3.05) is 20.1 Å². The van der Waals surface area contributed by atoms with Crippen LogP contribution in [0.25, 0.3) is 0 Å². The molecule has 1 aromatic heterocycles. The topological polar surface area (TPSA) is 45.2 Å². The zero-order chi connectivity index (χ0) is 13.1. The van der Waals surface area contributed by atoms with Crippen LogP contribution < -0.4 is 5.32 Å². The number of hydrogen-bond donors (Lipinski definition) is 1. The van der Waals surface area contributed by atoms with Crippen molar-refractivity contribution < 1.29 is 4.79 Å². The molecule has 98 valence electrons. The second-order valence-corrected chi connectivity index (χ2v) is 5.77. The van der Waals surface area contributed by atoms with Crippen molar-refractivity contribution in [1.29, 1.82) is 0 Å². The lowest BCUT2D eigenvalue weighted by Gasteiger charge is -2.35. The molecule has 0 radical (unpaired) electrons. The summed E-state index contributed by atoms with van der Waals surface area (Å²) in [5, 5.41) is 3.08. The second-order valence-electron chi connectivity index (χ2n) is 4.95. The van der Waals surface area contributed by atoms with Crippen LogP contribution in [0.1, 0.15) is 23.8 Å². The van der Waals surface area contributed by atoms with Gasteiger partial charge in [0.2, 0.25) is 0 Å². The van der Waals surface area contributed by atoms with E-state index in [1.54, 1.807) is 6.07 Å². The lowest BCUT2D eigenvalue weighted by molar-refractivity contribution is 0.0878. The molecule has 0 saturated carbocycles. The molecule has 0 aliphatic carbocycles. The van der Waals surface area contributed by atoms with E-state index in [1.165, 1.54) is 0 Å². The number of halogens is 1. The third-order valence-electron chi connectivity index (χ3n) is 3.37. The lowest BCUT2D eigenvalue weighted by Crippen LogP contribution is -2.49. The standard InChI is InChI=1S/C13H18BrN3O/c1-9-8-17(2)7-6-10(9)16-13(18)11-4-3-5-12(14)15-11/h3-5,9-10H,6-8H2,1-2H3,(H,16,18). The van der Waals surface area contributed by atoms with Crippen LogP contribution in [0, 0.1) is 5.92 Å². The zero-order valence-electron chi connectivity index (χ0n) is 10.7. The van der Waals surface area contributed by atoms with Crippen molar-refractivity contribution in [3.05, 3.63) is 28.5 Å². The number of hydrogen-bond acceptors (Lipinski definition) is 3. The smallest absolute Gasteiger partial charge is 0.270 e. The Morgan fingerprint density at radius 1 is 1.56 bits per heavy atom. The largest absolute Gasteiger partial charge is 0.348 e. The van der Waals surface area contributed by atoms with Crippen LogP contribution in [0.2, 0.25) is 0 Å². The summed E-state index contributed by atoms with van der Waals surface area (Å²) in [4.78, 5) is 18.6. The highest BCUT2D eigenvalue weighted by Crippen LogP contribution is 2.16. The molecule has 5 heteroatoms. The normalized spacial score (nSPS) is 24.8. The Kier molecular flexibility index (Phi) is 4.35. The maximum absolute atomic E-state index is 12.1. The molecule has 4 nitrogen and oxygen atoms in total. The van der Waals surface area contributed by atoms with Gasteiger partial charge in [0, 0.05) is 12.6 Å². The van der Waals surface area contributed by atoms with Crippen molar-refractivity contribution in [3.8, 4) is 0 Å². The van der Waals surface area contributed by atoms with E-state index < -0.39 is 0 Å². The van der Waals surface area contributed by atoms with Crippen molar-refractivity contribution in [2.45, 2.75) is 19.4 Å². The van der Waals surface area contributed by atoms with Gasteiger partial charge in [-0.3, -0.25) is 4.79 Å². The Labute approximate surface area is 116 Å². The number of pyridine rings is 1. The molecular weight excluding hydrogens is 294 g/mol. The predicted octanol–water partition coefficient (Wildman–Crippen LogP) is 1.91. The molecule has 2 heterocycles. The van der Waals surface area contributed by atoms with Crippen molar-refractivity contribution in [3.63, 3.8) is 0 Å². The quantitative estimate of drug-likeness (QED) is 0.849. The molecule has 1 aliphatic rings. The fourth-order valence-corrected chi connectivity index (χ4v) is 2.69. The molecule has 2 atom stereocenters. The van der Waals surface area contributed by atoms with E-state index in [9.17, 15) is 4.79 Å². The Morgan fingerprint density at radius 2 is 2.33 bits per heavy atom. The fourth-order valence-electron chi connectivity index (χ4n) is 2.35. The van der Waals surface area contributed by atoms with Crippen LogP contribution in [-0.4, -0.2) is 42.0 Å². The Morgan fingerprint density at radius 3 is 3.00 bits per heavy atom. The Bertz CT molecular complexity index is 438. The first-order chi connectivity index (χ1) is 8.56. The molecule has 1 amide bonds. The SMILES string of the molecule is CC1CN(C)CCC1NC(=O)c1cccc(Br)n1. The van der Waals surface area contributed by atoms with Crippen LogP contribution >= 0.6 is 15.9 Å². The van der Waals surface area contributed by atoms with Crippen LogP contribution in [-0.2, 0) is 0 Å². The summed E-state index contributed by atoms with van der Waals surface area (Å²) in [6, 6.07) is 5.62. The van der Waals surface area contributed by atoms with Gasteiger partial charge in [0.1, 0.15) is 10.3 Å². The first-order valence-electron chi connectivity index (χ1n) is 6.18. The van der Waals surface area contributed by atoms with Gasteiger partial charge >= 0.3 is 0 Å². The minimum absolute atomic E-state index is 0.0855. The Balaban J connectivity index is 1.99. The van der Waals surface area contributed by atoms with E-state index >= 15 is 0 Å². The van der Waals surface area contributed by atoms with Gasteiger partial charge in [-0.2, -0.15) is 0 Å². The molecule has 2 unspecified atom stereocenters. The first kappa shape index (κ1) is 13.5. The van der Waals surface area contributed by atoms with Crippen LogP contribution in [0.4, 0.5) is 0 Å². The molecule has 0 bridgehead atoms. The highest BCUT2D eigenvalue weighted by molar-refractivity contribution is 9.10. The van der Waals surface area contributed by atoms with Crippen molar-refractivity contribution in [1.82, 2.24) is 15.2 Å². The van der Waals surface area contributed by atoms with Gasteiger partial charge in [-0.25, -0.2) is 4.98 Å². The number of rotatable bonds is 2. The maximum atomic E-state index is 12.1. The van der Waals surface area contributed by atoms with Gasteiger partial charge in [0.25, 0.3) is 5.91 Å². The van der Waals surface area contributed by atoms with Crippen LogP contribution in [0.3, 0.4) is 0 Å². The fraction of sp³-hybridized carbons (Fsp3) is 0.538. The molecule has 1 N–H and O–H groups in total. The summed E-state index contributed by atoms with van der Waals surface area (Å²) in [5.41, 5.74) is 0.468. The molecule has 1 aliphatic heterocycles. The minimum atomic E-state index is -0.0855. The summed E-state index contributed by atoms with van der Waals surface area (Å²) in [6.07, 6.45) is 0.997. The van der Waals surface area contributed by atoms with Crippen molar-refractivity contribution in [2.24, 2.45) is 5.92 Å². The van der Waals surface area contributed by atoms with Gasteiger partial charge in [0.05, 0.1) is 0 Å². The van der Waals surface area contributed by atoms with Gasteiger partial charge in [-0.15, -0.1) is 0 Å². The summed E-state index contributed by atoms with van der Waals surface area (Å²) in [6.45, 7) is 4.23. The molecule has 2 rings (SSSR count). The number of amides is 1. The first-order valence-corrected chi connectivity index (χ1v) is 6.97. The number of piperidine rings is 1. The van der Waals surface area contributed by atoms with Gasteiger partial charge < -0.3 is 10.2 Å². The number of nitrogens with one attached hydrogen (secondary N) is 1. The summed E-state index contributed by atoms with van der Waals surface area (Å²) in [7, 11) is 2.12. The second kappa shape index (κ2) is 5.80. The van der Waals surface area contributed by atoms with Crippen LogP contribution in [0.5, 0.6) is 0 Å². The summed E-state index contributed by atoms with van der Waals surface area (Å²) in [5.74, 6) is 0.387. The Hall–Kier alpha value is -0.940. The van der Waals surface area contributed by atoms with Crippen molar-refractivity contribution >= 4 is 21.8 Å². The van der Waals surface area contributed by atoms with E-state index in [0.29, 0.717) is 16.2 Å². The molecule has 18 heavy (non-hydrogen) atoms. The van der Waals surface area contributed by atoms with Crippen LogP contribution in [0.15, 0.2) is 22.8 Å². The highest BCUT2D eigenvalue weighted by Gasteiger charge is 2.26. The van der Waals surface area contributed by atoms with E-state index in [0.717, 1.165) is 19.5 Å². The molecule has 1 fully saturated rings. The predicted molar refractivity (Wildman–Crippen MR) is 74.5 cm³/mol. The van der Waals surface area contributed by atoms with Gasteiger partial charge in [-0.1, -0.05) is 13.0 Å². The number of carbonyl (C=O) groups is 1. The van der Waals surface area contributed by atoms with E-state index in [4.69, 9.17) is 0 Å². The summed E-state index contributed by atoms with van der Waals surface area (Å²) >= 11 is 3.28. The zero-order valence-corrected chi connectivity index (χ0v) is 12.3. The monoisotopic (exact) mass is 311 g/mol. The van der Waals surface area contributed by atoms with E-state index in [1.807, 2.05) is 12.1 Å². The molecule has 0 spiro atoms. The molecule has 1 aromatic rings. The van der Waals surface area contributed by atoms with Gasteiger partial charge in [0.15, 0.2) is 0 Å². The molecule has 0 aromatic carbocycles. The molecule has 1 saturated heterocycles. The summed E-state index contributed by atoms with van der Waals surface area (Å²) < 4.78 is 0.687. The molecular formula is C13H18BrN3O. The van der Waals surface area contributed by atoms with Gasteiger partial charge in [-0.05, 0) is 54.0 Å². The van der Waals surface area contributed by atoms with E-state index in [-0.39, 0.29) is 11.9 Å². The van der Waals surface area contributed by atoms with E-state index in [2.05, 4.69) is 45.1 Å². The number of aromatic nitrogens is 1. The third kappa shape index (κ3) is 3.29. The minimum Gasteiger partial charge on any atom is -0.348 e. The maximum Gasteiger partial charge on any atom is 0.270 e. The third-order valence-corrected chi connectivity index (χ3v) is 3.81. The number of carbonyl (C=O) groups excluding carboxylic acids is 1. The lowest BCUT2D eigenvalue weighted by atomic mass is 9.94. The highest BCUT2D eigenvalue weighted by atomic mass is 79.9. The number of likely N-dealkylation sites (tertiary alicyclic amines) is 1. The number of nitrogens with zero attached hydrogens (tertiary/aromatic N) is 2. The average molecular weight is 312 g/mol.